The summed E-state index contributed by atoms with van der Waals surface area (Å²) >= 11 is 0. The van der Waals surface area contributed by atoms with Crippen molar-refractivity contribution >= 4 is 5.91 Å². The first-order valence-corrected chi connectivity index (χ1v) is 7.11. The van der Waals surface area contributed by atoms with Crippen LogP contribution >= 0.6 is 0 Å². The first-order chi connectivity index (χ1) is 8.01. The fraction of sp³-hybridized carbons (Fsp3) is 0.929. The zero-order valence-corrected chi connectivity index (χ0v) is 11.2. The normalized spacial score (nSPS) is 36.1. The molecule has 0 heterocycles. The van der Waals surface area contributed by atoms with Crippen molar-refractivity contribution in [3.8, 4) is 0 Å². The molecule has 3 unspecified atom stereocenters. The van der Waals surface area contributed by atoms with Gasteiger partial charge in [-0.05, 0) is 44.4 Å². The van der Waals surface area contributed by atoms with E-state index < -0.39 is 5.54 Å². The Morgan fingerprint density at radius 1 is 1.35 bits per heavy atom. The van der Waals surface area contributed by atoms with Crippen LogP contribution in [0.25, 0.3) is 0 Å². The smallest absolute Gasteiger partial charge is 0.240 e. The van der Waals surface area contributed by atoms with Crippen molar-refractivity contribution in [3.05, 3.63) is 0 Å². The maximum Gasteiger partial charge on any atom is 0.240 e. The van der Waals surface area contributed by atoms with Crippen molar-refractivity contribution in [2.45, 2.75) is 70.4 Å². The van der Waals surface area contributed by atoms with Crippen LogP contribution in [0.1, 0.15) is 58.8 Å². The fourth-order valence-electron chi connectivity index (χ4n) is 3.21. The highest BCUT2D eigenvalue weighted by Crippen LogP contribution is 2.32. The standard InChI is InChI=1S/C14H26N2O/c1-10-5-4-8-14(15,9-10)13(17)16-11(2)12-6-3-7-12/h10-12H,3-9,15H2,1-2H3,(H,16,17). The van der Waals surface area contributed by atoms with Gasteiger partial charge in [0.2, 0.25) is 5.91 Å². The van der Waals surface area contributed by atoms with Crippen LogP contribution in [-0.2, 0) is 4.79 Å². The van der Waals surface area contributed by atoms with Crippen LogP contribution in [0.3, 0.4) is 0 Å². The van der Waals surface area contributed by atoms with Gasteiger partial charge in [0.15, 0.2) is 0 Å². The van der Waals surface area contributed by atoms with Crippen LogP contribution < -0.4 is 11.1 Å². The second-order valence-electron chi connectivity index (χ2n) is 6.31. The third-order valence-electron chi connectivity index (χ3n) is 4.70. The van der Waals surface area contributed by atoms with E-state index in [2.05, 4.69) is 19.2 Å². The molecule has 0 aromatic rings. The zero-order chi connectivity index (χ0) is 12.5. The Bertz CT molecular complexity index is 288. The molecule has 17 heavy (non-hydrogen) atoms. The van der Waals surface area contributed by atoms with E-state index in [0.717, 1.165) is 19.3 Å². The lowest BCUT2D eigenvalue weighted by Crippen LogP contribution is -2.58. The highest BCUT2D eigenvalue weighted by molar-refractivity contribution is 5.86. The molecule has 0 aromatic heterocycles. The molecule has 2 saturated carbocycles. The Hall–Kier alpha value is -0.570. The molecule has 2 rings (SSSR count). The van der Waals surface area contributed by atoms with E-state index in [1.807, 2.05) is 0 Å². The molecule has 2 fully saturated rings. The van der Waals surface area contributed by atoms with Gasteiger partial charge in [0.05, 0.1) is 5.54 Å². The predicted molar refractivity (Wildman–Crippen MR) is 69.5 cm³/mol. The summed E-state index contributed by atoms with van der Waals surface area (Å²) in [4.78, 5) is 12.3. The van der Waals surface area contributed by atoms with Gasteiger partial charge in [0.25, 0.3) is 0 Å². The second-order valence-corrected chi connectivity index (χ2v) is 6.31. The van der Waals surface area contributed by atoms with Crippen LogP contribution in [0.15, 0.2) is 0 Å². The molecule has 3 atom stereocenters. The second kappa shape index (κ2) is 4.97. The molecular formula is C14H26N2O. The largest absolute Gasteiger partial charge is 0.352 e. The number of rotatable bonds is 3. The predicted octanol–water partition coefficient (Wildman–Crippen LogP) is 2.20. The number of carbonyl (C=O) groups is 1. The molecule has 0 saturated heterocycles. The molecular weight excluding hydrogens is 212 g/mol. The maximum absolute atomic E-state index is 12.3. The number of hydrogen-bond acceptors (Lipinski definition) is 2. The molecule has 0 radical (unpaired) electrons. The van der Waals surface area contributed by atoms with Crippen molar-refractivity contribution in [2.75, 3.05) is 0 Å². The molecule has 1 amide bonds. The molecule has 3 N–H and O–H groups in total. The number of hydrogen-bond donors (Lipinski definition) is 2. The number of amides is 1. The lowest BCUT2D eigenvalue weighted by atomic mass is 9.75. The van der Waals surface area contributed by atoms with Gasteiger partial charge in [-0.2, -0.15) is 0 Å². The summed E-state index contributed by atoms with van der Waals surface area (Å²) in [6.07, 6.45) is 7.82. The van der Waals surface area contributed by atoms with Crippen molar-refractivity contribution in [1.29, 1.82) is 0 Å². The van der Waals surface area contributed by atoms with Crippen LogP contribution in [0, 0.1) is 11.8 Å². The molecule has 0 aliphatic heterocycles. The lowest BCUT2D eigenvalue weighted by Gasteiger charge is -2.38. The monoisotopic (exact) mass is 238 g/mol. The minimum absolute atomic E-state index is 0.0865. The van der Waals surface area contributed by atoms with E-state index in [-0.39, 0.29) is 5.91 Å². The van der Waals surface area contributed by atoms with Gasteiger partial charge in [0.1, 0.15) is 0 Å². The summed E-state index contributed by atoms with van der Waals surface area (Å²) in [6, 6.07) is 0.300. The lowest BCUT2D eigenvalue weighted by molar-refractivity contribution is -0.129. The third kappa shape index (κ3) is 2.82. The van der Waals surface area contributed by atoms with Crippen LogP contribution in [0.4, 0.5) is 0 Å². The SMILES string of the molecule is CC1CCCC(N)(C(=O)NC(C)C2CCC2)C1. The highest BCUT2D eigenvalue weighted by Gasteiger charge is 2.39. The van der Waals surface area contributed by atoms with Crippen molar-refractivity contribution < 1.29 is 4.79 Å². The van der Waals surface area contributed by atoms with Crippen LogP contribution in [-0.4, -0.2) is 17.5 Å². The van der Waals surface area contributed by atoms with E-state index in [4.69, 9.17) is 5.73 Å². The fourth-order valence-corrected chi connectivity index (χ4v) is 3.21. The van der Waals surface area contributed by atoms with E-state index >= 15 is 0 Å². The Morgan fingerprint density at radius 2 is 2.06 bits per heavy atom. The van der Waals surface area contributed by atoms with E-state index in [1.54, 1.807) is 0 Å². The van der Waals surface area contributed by atoms with Crippen molar-refractivity contribution in [1.82, 2.24) is 5.32 Å². The summed E-state index contributed by atoms with van der Waals surface area (Å²) in [5, 5.41) is 3.15. The number of nitrogens with two attached hydrogens (primary N) is 1. The van der Waals surface area contributed by atoms with E-state index in [9.17, 15) is 4.79 Å². The third-order valence-corrected chi connectivity index (χ3v) is 4.70. The molecule has 0 aromatic carbocycles. The summed E-state index contributed by atoms with van der Waals surface area (Å²) in [5.41, 5.74) is 5.69. The first-order valence-electron chi connectivity index (χ1n) is 7.11. The molecule has 0 bridgehead atoms. The molecule has 2 aliphatic carbocycles. The average molecular weight is 238 g/mol. The molecule has 3 heteroatoms. The van der Waals surface area contributed by atoms with Gasteiger partial charge < -0.3 is 11.1 Å². The molecule has 2 aliphatic rings. The summed E-state index contributed by atoms with van der Waals surface area (Å²) in [5.74, 6) is 1.35. The van der Waals surface area contributed by atoms with Gasteiger partial charge in [-0.3, -0.25) is 4.79 Å². The Morgan fingerprint density at radius 3 is 2.59 bits per heavy atom. The maximum atomic E-state index is 12.3. The Labute approximate surface area is 105 Å². The minimum Gasteiger partial charge on any atom is -0.352 e. The van der Waals surface area contributed by atoms with Crippen molar-refractivity contribution in [3.63, 3.8) is 0 Å². The topological polar surface area (TPSA) is 55.1 Å². The molecule has 0 spiro atoms. The van der Waals surface area contributed by atoms with Crippen LogP contribution in [0.2, 0.25) is 0 Å². The molecule has 3 nitrogen and oxygen atoms in total. The number of carbonyl (C=O) groups excluding carboxylic acids is 1. The highest BCUT2D eigenvalue weighted by atomic mass is 16.2. The Balaban J connectivity index is 1.89. The van der Waals surface area contributed by atoms with Gasteiger partial charge in [-0.15, -0.1) is 0 Å². The van der Waals surface area contributed by atoms with E-state index in [1.165, 1.54) is 25.7 Å². The number of nitrogens with one attached hydrogen (secondary N) is 1. The van der Waals surface area contributed by atoms with Gasteiger partial charge >= 0.3 is 0 Å². The first kappa shape index (κ1) is 12.9. The van der Waals surface area contributed by atoms with E-state index in [0.29, 0.717) is 17.9 Å². The van der Waals surface area contributed by atoms with Gasteiger partial charge in [0, 0.05) is 6.04 Å². The quantitative estimate of drug-likeness (QED) is 0.792. The Kier molecular flexibility index (Phi) is 3.76. The summed E-state index contributed by atoms with van der Waals surface area (Å²) in [7, 11) is 0. The van der Waals surface area contributed by atoms with Crippen molar-refractivity contribution in [2.24, 2.45) is 17.6 Å². The van der Waals surface area contributed by atoms with Gasteiger partial charge in [-0.25, -0.2) is 0 Å². The van der Waals surface area contributed by atoms with Gasteiger partial charge in [-0.1, -0.05) is 26.2 Å². The molecule has 98 valence electrons. The summed E-state index contributed by atoms with van der Waals surface area (Å²) in [6.45, 7) is 4.32. The van der Waals surface area contributed by atoms with Crippen LogP contribution in [0.5, 0.6) is 0 Å². The zero-order valence-electron chi connectivity index (χ0n) is 11.2. The average Bonchev–Trinajstić information content (AvgIpc) is 2.13. The minimum atomic E-state index is -0.602. The summed E-state index contributed by atoms with van der Waals surface area (Å²) < 4.78 is 0.